The molecule has 0 aliphatic rings. The smallest absolute Gasteiger partial charge is 0.413 e. The van der Waals surface area contributed by atoms with Crippen molar-refractivity contribution in [2.75, 3.05) is 17.7 Å². The summed E-state index contributed by atoms with van der Waals surface area (Å²) in [5, 5.41) is 7.00. The Kier molecular flexibility index (Phi) is 4.77. The van der Waals surface area contributed by atoms with Crippen LogP contribution >= 0.6 is 11.3 Å². The van der Waals surface area contributed by atoms with Crippen LogP contribution in [0.3, 0.4) is 0 Å². The van der Waals surface area contributed by atoms with E-state index in [0.29, 0.717) is 21.4 Å². The normalized spacial score (nSPS) is 10.6. The van der Waals surface area contributed by atoms with Gasteiger partial charge in [-0.25, -0.2) is 9.78 Å². The number of rotatable bonds is 4. The molecule has 0 radical (unpaired) electrons. The fourth-order valence-corrected chi connectivity index (χ4v) is 3.52. The maximum atomic E-state index is 12.7. The van der Waals surface area contributed by atoms with E-state index in [1.54, 1.807) is 12.1 Å². The summed E-state index contributed by atoms with van der Waals surface area (Å²) in [7, 11) is 1.27. The Morgan fingerprint density at radius 2 is 1.79 bits per heavy atom. The van der Waals surface area contributed by atoms with Crippen molar-refractivity contribution in [3.05, 3.63) is 66.4 Å². The largest absolute Gasteiger partial charge is 0.453 e. The topological polar surface area (TPSA) is 93.5 Å². The van der Waals surface area contributed by atoms with Crippen LogP contribution in [0.1, 0.15) is 10.6 Å². The molecule has 2 heterocycles. The fraction of sp³-hybridized carbons (Fsp3) is 0.0500. The first kappa shape index (κ1) is 17.7. The highest BCUT2D eigenvalue weighted by molar-refractivity contribution is 7.20. The lowest BCUT2D eigenvalue weighted by Crippen LogP contribution is -2.10. The molecule has 8 heteroatoms. The van der Waals surface area contributed by atoms with Gasteiger partial charge in [-0.2, -0.15) is 0 Å². The van der Waals surface area contributed by atoms with Gasteiger partial charge >= 0.3 is 6.09 Å². The molecule has 0 saturated carbocycles. The van der Waals surface area contributed by atoms with Crippen molar-refractivity contribution in [1.82, 2.24) is 4.98 Å². The third-order valence-electron chi connectivity index (χ3n) is 3.95. The van der Waals surface area contributed by atoms with E-state index in [2.05, 4.69) is 20.4 Å². The predicted molar refractivity (Wildman–Crippen MR) is 108 cm³/mol. The molecule has 0 unspecified atom stereocenters. The van der Waals surface area contributed by atoms with Crippen LogP contribution in [0.4, 0.5) is 14.9 Å². The second-order valence-electron chi connectivity index (χ2n) is 5.78. The van der Waals surface area contributed by atoms with Crippen LogP contribution in [0.25, 0.3) is 22.2 Å². The van der Waals surface area contributed by atoms with Crippen LogP contribution in [0.5, 0.6) is 0 Å². The molecule has 7 nitrogen and oxygen atoms in total. The Morgan fingerprint density at radius 3 is 2.54 bits per heavy atom. The third kappa shape index (κ3) is 3.58. The zero-order chi connectivity index (χ0) is 19.5. The lowest BCUT2D eigenvalue weighted by molar-refractivity contribution is 0.0999. The van der Waals surface area contributed by atoms with E-state index in [1.165, 1.54) is 7.11 Å². The quantitative estimate of drug-likeness (QED) is 0.510. The van der Waals surface area contributed by atoms with Crippen molar-refractivity contribution in [3.8, 4) is 11.3 Å². The van der Waals surface area contributed by atoms with E-state index in [4.69, 9.17) is 4.42 Å². The summed E-state index contributed by atoms with van der Waals surface area (Å²) in [6, 6.07) is 18.4. The zero-order valence-electron chi connectivity index (χ0n) is 14.8. The summed E-state index contributed by atoms with van der Waals surface area (Å²) in [4.78, 5) is 28.6. The molecule has 2 amide bonds. The highest BCUT2D eigenvalue weighted by Gasteiger charge is 2.19. The van der Waals surface area contributed by atoms with Crippen LogP contribution in [0.15, 0.2) is 65.1 Å². The number of hydrogen-bond acceptors (Lipinski definition) is 6. The van der Waals surface area contributed by atoms with E-state index < -0.39 is 12.0 Å². The number of benzene rings is 2. The summed E-state index contributed by atoms with van der Waals surface area (Å²) in [5.74, 6) is -0.210. The number of carbonyl (C=O) groups is 2. The number of amides is 2. The van der Waals surface area contributed by atoms with Crippen LogP contribution < -0.4 is 10.6 Å². The van der Waals surface area contributed by atoms with E-state index in [9.17, 15) is 9.59 Å². The fourth-order valence-electron chi connectivity index (χ4n) is 2.65. The monoisotopic (exact) mass is 393 g/mol. The second kappa shape index (κ2) is 7.53. The standard InChI is InChI=1S/C20H15N3O4S/c1-26-20(25)23-19-21-16(12-7-3-2-4-8-12)18(28-19)22-17(24)15-11-13-9-5-6-10-14(13)27-15/h2-11H,1H3,(H,22,24)(H,21,23,25). The number of anilines is 2. The van der Waals surface area contributed by atoms with Gasteiger partial charge in [0.25, 0.3) is 5.91 Å². The first-order chi connectivity index (χ1) is 13.6. The lowest BCUT2D eigenvalue weighted by Gasteiger charge is -2.03. The molecule has 140 valence electrons. The maximum absolute atomic E-state index is 12.7. The molecule has 0 atom stereocenters. The summed E-state index contributed by atoms with van der Waals surface area (Å²) >= 11 is 1.13. The number of nitrogens with zero attached hydrogens (tertiary/aromatic N) is 1. The van der Waals surface area contributed by atoms with E-state index >= 15 is 0 Å². The Balaban J connectivity index is 1.67. The molecule has 2 N–H and O–H groups in total. The van der Waals surface area contributed by atoms with Crippen LogP contribution in [0, 0.1) is 0 Å². The number of thiazole rings is 1. The first-order valence-corrected chi connectivity index (χ1v) is 9.17. The molecular weight excluding hydrogens is 378 g/mol. The average molecular weight is 393 g/mol. The van der Waals surface area contributed by atoms with Gasteiger partial charge in [-0.3, -0.25) is 10.1 Å². The van der Waals surface area contributed by atoms with Gasteiger partial charge in [-0.15, -0.1) is 0 Å². The van der Waals surface area contributed by atoms with Gasteiger partial charge in [-0.1, -0.05) is 59.9 Å². The third-order valence-corrected chi connectivity index (χ3v) is 4.83. The van der Waals surface area contributed by atoms with Gasteiger partial charge in [-0.05, 0) is 12.1 Å². The van der Waals surface area contributed by atoms with Gasteiger partial charge in [0.1, 0.15) is 16.3 Å². The molecule has 0 bridgehead atoms. The summed E-state index contributed by atoms with van der Waals surface area (Å²) in [5.41, 5.74) is 1.98. The molecule has 2 aromatic carbocycles. The minimum Gasteiger partial charge on any atom is -0.453 e. The minimum absolute atomic E-state index is 0.191. The van der Waals surface area contributed by atoms with Gasteiger partial charge in [0, 0.05) is 10.9 Å². The Morgan fingerprint density at radius 1 is 1.04 bits per heavy atom. The van der Waals surface area contributed by atoms with Gasteiger partial charge < -0.3 is 14.5 Å². The molecule has 0 spiro atoms. The SMILES string of the molecule is COC(=O)Nc1nc(-c2ccccc2)c(NC(=O)c2cc3ccccc3o2)s1. The molecule has 0 aliphatic heterocycles. The van der Waals surface area contributed by atoms with Crippen molar-refractivity contribution < 1.29 is 18.7 Å². The number of hydrogen-bond donors (Lipinski definition) is 2. The zero-order valence-corrected chi connectivity index (χ0v) is 15.6. The predicted octanol–water partition coefficient (Wildman–Crippen LogP) is 4.99. The van der Waals surface area contributed by atoms with E-state index in [1.807, 2.05) is 48.5 Å². The Labute approximate surface area is 164 Å². The minimum atomic E-state index is -0.636. The van der Waals surface area contributed by atoms with Crippen LogP contribution in [-0.4, -0.2) is 24.1 Å². The number of carbonyl (C=O) groups excluding carboxylic acids is 2. The highest BCUT2D eigenvalue weighted by Crippen LogP contribution is 2.36. The van der Waals surface area contributed by atoms with Gasteiger partial charge in [0.2, 0.25) is 0 Å². The Bertz CT molecular complexity index is 1120. The average Bonchev–Trinajstić information content (AvgIpc) is 3.32. The molecule has 0 aliphatic carbocycles. The number of ether oxygens (including phenoxy) is 1. The maximum Gasteiger partial charge on any atom is 0.413 e. The summed E-state index contributed by atoms with van der Waals surface area (Å²) in [6.45, 7) is 0. The lowest BCUT2D eigenvalue weighted by atomic mass is 10.2. The molecule has 4 aromatic rings. The summed E-state index contributed by atoms with van der Waals surface area (Å²) in [6.07, 6.45) is -0.636. The number of aromatic nitrogens is 1. The van der Waals surface area contributed by atoms with E-state index in [-0.39, 0.29) is 5.76 Å². The molecule has 2 aromatic heterocycles. The summed E-state index contributed by atoms with van der Waals surface area (Å²) < 4.78 is 10.2. The Hall–Kier alpha value is -3.65. The number of methoxy groups -OCH3 is 1. The number of furan rings is 1. The first-order valence-electron chi connectivity index (χ1n) is 8.35. The number of fused-ring (bicyclic) bond motifs is 1. The molecule has 0 fully saturated rings. The van der Waals surface area contributed by atoms with Gasteiger partial charge in [0.05, 0.1) is 7.11 Å². The van der Waals surface area contributed by atoms with Crippen LogP contribution in [0.2, 0.25) is 0 Å². The van der Waals surface area contributed by atoms with Crippen molar-refractivity contribution in [3.63, 3.8) is 0 Å². The van der Waals surface area contributed by atoms with Crippen molar-refractivity contribution in [1.29, 1.82) is 0 Å². The second-order valence-corrected chi connectivity index (χ2v) is 6.78. The number of nitrogens with one attached hydrogen (secondary N) is 2. The van der Waals surface area contributed by atoms with Crippen molar-refractivity contribution >= 4 is 44.4 Å². The molecule has 0 saturated heterocycles. The molecule has 4 rings (SSSR count). The highest BCUT2D eigenvalue weighted by atomic mass is 32.1. The molecule has 28 heavy (non-hydrogen) atoms. The molecular formula is C20H15N3O4S. The van der Waals surface area contributed by atoms with Gasteiger partial charge in [0.15, 0.2) is 10.9 Å². The van der Waals surface area contributed by atoms with Crippen molar-refractivity contribution in [2.24, 2.45) is 0 Å². The van der Waals surface area contributed by atoms with Crippen LogP contribution in [-0.2, 0) is 4.74 Å². The van der Waals surface area contributed by atoms with E-state index in [0.717, 1.165) is 22.3 Å². The number of para-hydroxylation sites is 1. The van der Waals surface area contributed by atoms with Crippen molar-refractivity contribution in [2.45, 2.75) is 0 Å².